The van der Waals surface area contributed by atoms with Crippen molar-refractivity contribution in [3.8, 4) is 11.4 Å². The van der Waals surface area contributed by atoms with Crippen LogP contribution in [0.25, 0.3) is 11.4 Å². The molecule has 0 radical (unpaired) electrons. The van der Waals surface area contributed by atoms with Crippen LogP contribution in [-0.2, 0) is 6.54 Å². The number of nitrogens with zero attached hydrogens (tertiary/aromatic N) is 3. The molecule has 0 aliphatic carbocycles. The maximum absolute atomic E-state index is 13.0. The second-order valence-electron chi connectivity index (χ2n) is 6.57. The normalized spacial score (nSPS) is 15.4. The molecule has 26 heavy (non-hydrogen) atoms. The SMILES string of the molecule is NCc1ccccc1C1CCN(c2nc(-c3ccc(F)cc3)no2)CC1. The number of aromatic nitrogens is 2. The van der Waals surface area contributed by atoms with Gasteiger partial charge in [-0.25, -0.2) is 4.39 Å². The molecule has 1 aromatic heterocycles. The first-order chi connectivity index (χ1) is 12.7. The molecule has 6 heteroatoms. The highest BCUT2D eigenvalue weighted by molar-refractivity contribution is 5.55. The summed E-state index contributed by atoms with van der Waals surface area (Å²) in [7, 11) is 0. The summed E-state index contributed by atoms with van der Waals surface area (Å²) in [5, 5.41) is 4.03. The van der Waals surface area contributed by atoms with Crippen molar-refractivity contribution in [2.24, 2.45) is 5.73 Å². The Morgan fingerprint density at radius 2 is 1.81 bits per heavy atom. The summed E-state index contributed by atoms with van der Waals surface area (Å²) in [6, 6.07) is 15.0. The summed E-state index contributed by atoms with van der Waals surface area (Å²) in [4.78, 5) is 6.58. The smallest absolute Gasteiger partial charge is 0.324 e. The number of benzene rings is 2. The van der Waals surface area contributed by atoms with Gasteiger partial charge < -0.3 is 15.2 Å². The van der Waals surface area contributed by atoms with Crippen molar-refractivity contribution in [1.82, 2.24) is 10.1 Å². The Kier molecular flexibility index (Phi) is 4.67. The van der Waals surface area contributed by atoms with Gasteiger partial charge in [0.1, 0.15) is 5.82 Å². The summed E-state index contributed by atoms with van der Waals surface area (Å²) >= 11 is 0. The van der Waals surface area contributed by atoms with Crippen molar-refractivity contribution >= 4 is 6.01 Å². The monoisotopic (exact) mass is 352 g/mol. The summed E-state index contributed by atoms with van der Waals surface area (Å²) in [6.07, 6.45) is 2.04. The zero-order chi connectivity index (χ0) is 17.9. The standard InChI is InChI=1S/C20H21FN4O/c21-17-7-5-15(6-8-17)19-23-20(26-24-19)25-11-9-14(10-12-25)18-4-2-1-3-16(18)13-22/h1-8,14H,9-13,22H2. The van der Waals surface area contributed by atoms with E-state index < -0.39 is 0 Å². The van der Waals surface area contributed by atoms with Gasteiger partial charge in [0.15, 0.2) is 0 Å². The third-order valence-electron chi connectivity index (χ3n) is 5.00. The molecule has 0 atom stereocenters. The molecule has 0 saturated carbocycles. The number of hydrogen-bond donors (Lipinski definition) is 1. The molecule has 0 bridgehead atoms. The lowest BCUT2D eigenvalue weighted by Gasteiger charge is -2.31. The number of rotatable bonds is 4. The molecule has 1 saturated heterocycles. The summed E-state index contributed by atoms with van der Waals surface area (Å²) < 4.78 is 18.5. The molecule has 134 valence electrons. The van der Waals surface area contributed by atoms with Gasteiger partial charge in [-0.05, 0) is 54.2 Å². The highest BCUT2D eigenvalue weighted by Crippen LogP contribution is 2.32. The highest BCUT2D eigenvalue weighted by Gasteiger charge is 2.25. The van der Waals surface area contributed by atoms with Gasteiger partial charge in [-0.1, -0.05) is 29.4 Å². The van der Waals surface area contributed by atoms with E-state index in [2.05, 4.69) is 33.2 Å². The van der Waals surface area contributed by atoms with Crippen molar-refractivity contribution in [2.45, 2.75) is 25.3 Å². The molecule has 1 aliphatic heterocycles. The molecule has 2 aromatic carbocycles. The Hall–Kier alpha value is -2.73. The van der Waals surface area contributed by atoms with E-state index in [1.54, 1.807) is 12.1 Å². The summed E-state index contributed by atoms with van der Waals surface area (Å²) in [5.74, 6) is 0.707. The first kappa shape index (κ1) is 16.7. The Bertz CT molecular complexity index is 870. The average Bonchev–Trinajstić information content (AvgIpc) is 3.19. The zero-order valence-corrected chi connectivity index (χ0v) is 14.4. The lowest BCUT2D eigenvalue weighted by molar-refractivity contribution is 0.394. The quantitative estimate of drug-likeness (QED) is 0.775. The molecule has 0 unspecified atom stereocenters. The maximum atomic E-state index is 13.0. The minimum absolute atomic E-state index is 0.280. The van der Waals surface area contributed by atoms with Crippen LogP contribution in [-0.4, -0.2) is 23.2 Å². The highest BCUT2D eigenvalue weighted by atomic mass is 19.1. The minimum Gasteiger partial charge on any atom is -0.326 e. The first-order valence-corrected chi connectivity index (χ1v) is 8.87. The molecular formula is C20H21FN4O. The Morgan fingerprint density at radius 1 is 1.08 bits per heavy atom. The van der Waals surface area contributed by atoms with Crippen molar-refractivity contribution < 1.29 is 8.91 Å². The van der Waals surface area contributed by atoms with E-state index in [0.29, 0.717) is 24.3 Å². The second-order valence-corrected chi connectivity index (χ2v) is 6.57. The van der Waals surface area contributed by atoms with Crippen molar-refractivity contribution in [1.29, 1.82) is 0 Å². The second kappa shape index (κ2) is 7.25. The van der Waals surface area contributed by atoms with Crippen LogP contribution in [0.2, 0.25) is 0 Å². The van der Waals surface area contributed by atoms with Gasteiger partial charge in [-0.15, -0.1) is 0 Å². The number of hydrogen-bond acceptors (Lipinski definition) is 5. The molecule has 2 N–H and O–H groups in total. The van der Waals surface area contributed by atoms with Gasteiger partial charge in [0.25, 0.3) is 0 Å². The molecule has 0 amide bonds. The van der Waals surface area contributed by atoms with Gasteiger partial charge in [0.2, 0.25) is 5.82 Å². The van der Waals surface area contributed by atoms with Crippen LogP contribution in [0.5, 0.6) is 0 Å². The van der Waals surface area contributed by atoms with Gasteiger partial charge in [0.05, 0.1) is 0 Å². The lowest BCUT2D eigenvalue weighted by atomic mass is 9.86. The van der Waals surface area contributed by atoms with Crippen LogP contribution < -0.4 is 10.6 Å². The largest absolute Gasteiger partial charge is 0.326 e. The average molecular weight is 352 g/mol. The number of anilines is 1. The molecule has 1 aliphatic rings. The van der Waals surface area contributed by atoms with E-state index in [1.807, 2.05) is 6.07 Å². The Balaban J connectivity index is 1.44. The maximum Gasteiger partial charge on any atom is 0.324 e. The van der Waals surface area contributed by atoms with Crippen LogP contribution in [0.4, 0.5) is 10.4 Å². The predicted molar refractivity (Wildman–Crippen MR) is 98.2 cm³/mol. The molecule has 0 spiro atoms. The van der Waals surface area contributed by atoms with E-state index in [9.17, 15) is 4.39 Å². The zero-order valence-electron chi connectivity index (χ0n) is 14.4. The number of piperidine rings is 1. The molecule has 3 aromatic rings. The van der Waals surface area contributed by atoms with Crippen LogP contribution in [0.3, 0.4) is 0 Å². The van der Waals surface area contributed by atoms with Gasteiger partial charge in [-0.3, -0.25) is 0 Å². The van der Waals surface area contributed by atoms with E-state index in [4.69, 9.17) is 10.3 Å². The van der Waals surface area contributed by atoms with Crippen molar-refractivity contribution in [3.05, 3.63) is 65.5 Å². The van der Waals surface area contributed by atoms with E-state index in [-0.39, 0.29) is 5.82 Å². The Labute approximate surface area is 151 Å². The summed E-state index contributed by atoms with van der Waals surface area (Å²) in [6.45, 7) is 2.28. The number of nitrogens with two attached hydrogens (primary N) is 1. The third kappa shape index (κ3) is 3.32. The fourth-order valence-corrected chi connectivity index (χ4v) is 3.56. The van der Waals surface area contributed by atoms with Gasteiger partial charge in [0, 0.05) is 25.2 Å². The summed E-state index contributed by atoms with van der Waals surface area (Å²) in [5.41, 5.74) is 9.20. The van der Waals surface area contributed by atoms with E-state index in [1.165, 1.54) is 23.3 Å². The molecule has 5 nitrogen and oxygen atoms in total. The fourth-order valence-electron chi connectivity index (χ4n) is 3.56. The Morgan fingerprint density at radius 3 is 2.54 bits per heavy atom. The van der Waals surface area contributed by atoms with Gasteiger partial charge >= 0.3 is 6.01 Å². The predicted octanol–water partition coefficient (Wildman–Crippen LogP) is 3.72. The van der Waals surface area contributed by atoms with Crippen LogP contribution in [0, 0.1) is 5.82 Å². The molecular weight excluding hydrogens is 331 g/mol. The topological polar surface area (TPSA) is 68.2 Å². The minimum atomic E-state index is -0.280. The third-order valence-corrected chi connectivity index (χ3v) is 5.00. The van der Waals surface area contributed by atoms with Crippen LogP contribution in [0.1, 0.15) is 29.9 Å². The van der Waals surface area contributed by atoms with Gasteiger partial charge in [-0.2, -0.15) is 4.98 Å². The first-order valence-electron chi connectivity index (χ1n) is 8.87. The van der Waals surface area contributed by atoms with Crippen molar-refractivity contribution in [2.75, 3.05) is 18.0 Å². The molecule has 4 rings (SSSR count). The van der Waals surface area contributed by atoms with E-state index >= 15 is 0 Å². The number of halogens is 1. The fraction of sp³-hybridized carbons (Fsp3) is 0.300. The van der Waals surface area contributed by atoms with Crippen LogP contribution in [0.15, 0.2) is 53.1 Å². The lowest BCUT2D eigenvalue weighted by Crippen LogP contribution is -2.33. The van der Waals surface area contributed by atoms with E-state index in [0.717, 1.165) is 31.5 Å². The van der Waals surface area contributed by atoms with Crippen LogP contribution >= 0.6 is 0 Å². The molecule has 1 fully saturated rings. The van der Waals surface area contributed by atoms with Crippen molar-refractivity contribution in [3.63, 3.8) is 0 Å². The molecule has 2 heterocycles.